The fraction of sp³-hybridized carbons (Fsp3) is 0.846. The van der Waals surface area contributed by atoms with Crippen molar-refractivity contribution in [1.82, 2.24) is 15.5 Å². The summed E-state index contributed by atoms with van der Waals surface area (Å²) in [5.41, 5.74) is 0. The molecule has 2 atom stereocenters. The topological polar surface area (TPSA) is 51.0 Å². The molecule has 0 amide bonds. The fourth-order valence-electron chi connectivity index (χ4n) is 1.87. The number of hydrogen-bond donors (Lipinski definition) is 1. The highest BCUT2D eigenvalue weighted by Crippen LogP contribution is 2.22. The lowest BCUT2D eigenvalue weighted by molar-refractivity contribution is 0.357. The van der Waals surface area contributed by atoms with Crippen molar-refractivity contribution in [2.75, 3.05) is 6.54 Å². The van der Waals surface area contributed by atoms with Crippen LogP contribution in [0, 0.1) is 0 Å². The second kappa shape index (κ2) is 7.43. The van der Waals surface area contributed by atoms with Gasteiger partial charge in [0.15, 0.2) is 0 Å². The highest BCUT2D eigenvalue weighted by Gasteiger charge is 2.18. The lowest BCUT2D eigenvalue weighted by atomic mass is 10.1. The first-order valence-electron chi connectivity index (χ1n) is 6.79. The molecular weight excluding hydrogens is 214 g/mol. The molecule has 1 aromatic rings. The van der Waals surface area contributed by atoms with E-state index in [-0.39, 0.29) is 6.04 Å². The van der Waals surface area contributed by atoms with Gasteiger partial charge in [-0.1, -0.05) is 34.1 Å². The summed E-state index contributed by atoms with van der Waals surface area (Å²) < 4.78 is 5.76. The molecule has 1 heterocycles. The molecule has 2 unspecified atom stereocenters. The van der Waals surface area contributed by atoms with Crippen LogP contribution in [-0.2, 0) is 0 Å². The number of hydrogen-bond acceptors (Lipinski definition) is 4. The molecule has 0 bridgehead atoms. The molecule has 4 nitrogen and oxygen atoms in total. The molecule has 0 aliphatic rings. The highest BCUT2D eigenvalue weighted by molar-refractivity contribution is 4.93. The summed E-state index contributed by atoms with van der Waals surface area (Å²) >= 11 is 0. The molecule has 0 radical (unpaired) electrons. The normalized spacial score (nSPS) is 14.8. The molecule has 0 aromatic carbocycles. The Hall–Kier alpha value is -0.900. The average Bonchev–Trinajstić information content (AvgIpc) is 2.80. The second-order valence-corrected chi connectivity index (χ2v) is 4.58. The van der Waals surface area contributed by atoms with Crippen LogP contribution in [0.1, 0.15) is 77.1 Å². The molecule has 98 valence electrons. The van der Waals surface area contributed by atoms with Gasteiger partial charge in [0.25, 0.3) is 0 Å². The molecule has 0 spiro atoms. The molecule has 0 aliphatic carbocycles. The van der Waals surface area contributed by atoms with E-state index in [4.69, 9.17) is 4.42 Å². The van der Waals surface area contributed by atoms with Gasteiger partial charge in [-0.15, -0.1) is 10.2 Å². The molecule has 1 N–H and O–H groups in total. The van der Waals surface area contributed by atoms with Crippen LogP contribution in [-0.4, -0.2) is 16.7 Å². The van der Waals surface area contributed by atoms with Crippen LogP contribution in [0.2, 0.25) is 0 Å². The number of nitrogens with zero attached hydrogens (tertiary/aromatic N) is 2. The minimum atomic E-state index is 0.199. The lowest BCUT2D eigenvalue weighted by Crippen LogP contribution is -2.21. The van der Waals surface area contributed by atoms with Gasteiger partial charge >= 0.3 is 0 Å². The van der Waals surface area contributed by atoms with Crippen molar-refractivity contribution in [3.63, 3.8) is 0 Å². The third-order valence-electron chi connectivity index (χ3n) is 2.95. The first-order valence-corrected chi connectivity index (χ1v) is 6.79. The summed E-state index contributed by atoms with van der Waals surface area (Å²) in [7, 11) is 0. The summed E-state index contributed by atoms with van der Waals surface area (Å²) in [6.45, 7) is 9.59. The standard InChI is InChI=1S/C13H25N3O/c1-5-8-10(4)12-15-16-13(17-12)11(7-3)14-9-6-2/h10-11,14H,5-9H2,1-4H3. The number of aromatic nitrogens is 2. The van der Waals surface area contributed by atoms with E-state index < -0.39 is 0 Å². The molecule has 17 heavy (non-hydrogen) atoms. The van der Waals surface area contributed by atoms with Gasteiger partial charge in [-0.2, -0.15) is 0 Å². The zero-order valence-electron chi connectivity index (χ0n) is 11.5. The molecular formula is C13H25N3O. The Labute approximate surface area is 104 Å². The predicted molar refractivity (Wildman–Crippen MR) is 68.9 cm³/mol. The van der Waals surface area contributed by atoms with E-state index in [1.165, 1.54) is 0 Å². The minimum absolute atomic E-state index is 0.199. The molecule has 0 fully saturated rings. The SMILES string of the molecule is CCCNC(CC)c1nnc(C(C)CCC)o1. The smallest absolute Gasteiger partial charge is 0.233 e. The van der Waals surface area contributed by atoms with Crippen molar-refractivity contribution in [3.05, 3.63) is 11.8 Å². The first kappa shape index (κ1) is 14.2. The van der Waals surface area contributed by atoms with E-state index in [2.05, 4.69) is 43.2 Å². The molecule has 1 rings (SSSR count). The van der Waals surface area contributed by atoms with E-state index in [1.807, 2.05) is 0 Å². The predicted octanol–water partition coefficient (Wildman–Crippen LogP) is 3.42. The summed E-state index contributed by atoms with van der Waals surface area (Å²) in [6, 6.07) is 0.199. The highest BCUT2D eigenvalue weighted by atomic mass is 16.4. The Kier molecular flexibility index (Phi) is 6.19. The van der Waals surface area contributed by atoms with Crippen LogP contribution in [0.15, 0.2) is 4.42 Å². The summed E-state index contributed by atoms with van der Waals surface area (Å²) in [6.07, 6.45) is 4.33. The van der Waals surface area contributed by atoms with Crippen molar-refractivity contribution in [2.45, 2.75) is 65.3 Å². The first-order chi connectivity index (χ1) is 8.22. The van der Waals surface area contributed by atoms with Crippen molar-refractivity contribution in [3.8, 4) is 0 Å². The van der Waals surface area contributed by atoms with Crippen molar-refractivity contribution >= 4 is 0 Å². The average molecular weight is 239 g/mol. The van der Waals surface area contributed by atoms with Gasteiger partial charge < -0.3 is 9.73 Å². The van der Waals surface area contributed by atoms with Gasteiger partial charge in [-0.25, -0.2) is 0 Å². The number of rotatable bonds is 8. The van der Waals surface area contributed by atoms with Crippen LogP contribution in [0.5, 0.6) is 0 Å². The summed E-state index contributed by atoms with van der Waals surface area (Å²) in [4.78, 5) is 0. The maximum Gasteiger partial charge on any atom is 0.233 e. The largest absolute Gasteiger partial charge is 0.423 e. The Balaban J connectivity index is 2.64. The van der Waals surface area contributed by atoms with Gasteiger partial charge in [0.05, 0.1) is 6.04 Å². The van der Waals surface area contributed by atoms with Crippen LogP contribution in [0.25, 0.3) is 0 Å². The van der Waals surface area contributed by atoms with E-state index in [9.17, 15) is 0 Å². The maximum atomic E-state index is 5.76. The van der Waals surface area contributed by atoms with E-state index in [0.29, 0.717) is 5.92 Å². The number of nitrogens with one attached hydrogen (secondary N) is 1. The summed E-state index contributed by atoms with van der Waals surface area (Å²) in [5.74, 6) is 1.88. The van der Waals surface area contributed by atoms with Gasteiger partial charge in [0, 0.05) is 5.92 Å². The molecule has 0 saturated heterocycles. The zero-order valence-corrected chi connectivity index (χ0v) is 11.5. The van der Waals surface area contributed by atoms with E-state index in [1.54, 1.807) is 0 Å². The van der Waals surface area contributed by atoms with Crippen molar-refractivity contribution < 1.29 is 4.42 Å². The van der Waals surface area contributed by atoms with Crippen LogP contribution in [0.3, 0.4) is 0 Å². The molecule has 1 aromatic heterocycles. The van der Waals surface area contributed by atoms with Crippen LogP contribution >= 0.6 is 0 Å². The van der Waals surface area contributed by atoms with Crippen LogP contribution < -0.4 is 5.32 Å². The fourth-order valence-corrected chi connectivity index (χ4v) is 1.87. The van der Waals surface area contributed by atoms with E-state index >= 15 is 0 Å². The van der Waals surface area contributed by atoms with Gasteiger partial charge in [0.2, 0.25) is 11.8 Å². The van der Waals surface area contributed by atoms with Crippen molar-refractivity contribution in [2.24, 2.45) is 0 Å². The summed E-state index contributed by atoms with van der Waals surface area (Å²) in [5, 5.41) is 11.7. The van der Waals surface area contributed by atoms with Gasteiger partial charge in [-0.05, 0) is 25.8 Å². The second-order valence-electron chi connectivity index (χ2n) is 4.58. The lowest BCUT2D eigenvalue weighted by Gasteiger charge is -2.11. The minimum Gasteiger partial charge on any atom is -0.423 e. The molecule has 0 aliphatic heterocycles. The quantitative estimate of drug-likeness (QED) is 0.755. The molecule has 4 heteroatoms. The third-order valence-corrected chi connectivity index (χ3v) is 2.95. The van der Waals surface area contributed by atoms with Crippen LogP contribution in [0.4, 0.5) is 0 Å². The Morgan fingerprint density at radius 1 is 1.12 bits per heavy atom. The van der Waals surface area contributed by atoms with Crippen molar-refractivity contribution in [1.29, 1.82) is 0 Å². The van der Waals surface area contributed by atoms with Gasteiger partial charge in [-0.3, -0.25) is 0 Å². The van der Waals surface area contributed by atoms with Gasteiger partial charge in [0.1, 0.15) is 0 Å². The maximum absolute atomic E-state index is 5.76. The molecule has 0 saturated carbocycles. The Morgan fingerprint density at radius 3 is 2.41 bits per heavy atom. The Bertz CT molecular complexity index is 311. The zero-order chi connectivity index (χ0) is 12.7. The van der Waals surface area contributed by atoms with E-state index in [0.717, 1.165) is 44.0 Å². The monoisotopic (exact) mass is 239 g/mol. The third kappa shape index (κ3) is 4.11. The Morgan fingerprint density at radius 2 is 1.82 bits per heavy atom.